The van der Waals surface area contributed by atoms with Crippen LogP contribution in [0.4, 0.5) is 5.69 Å². The third-order valence-electron chi connectivity index (χ3n) is 6.06. The molecule has 0 saturated heterocycles. The smallest absolute Gasteiger partial charge is 0.264 e. The van der Waals surface area contributed by atoms with Crippen molar-refractivity contribution < 1.29 is 17.9 Å². The molecule has 0 spiro atoms. The Balaban J connectivity index is 1.42. The van der Waals surface area contributed by atoms with E-state index in [0.29, 0.717) is 30.7 Å². The minimum Gasteiger partial charge on any atom is -0.493 e. The molecule has 0 bridgehead atoms. The van der Waals surface area contributed by atoms with Crippen molar-refractivity contribution in [3.05, 3.63) is 89.5 Å². The van der Waals surface area contributed by atoms with Crippen LogP contribution in [-0.4, -0.2) is 27.0 Å². The Labute approximate surface area is 187 Å². The van der Waals surface area contributed by atoms with Crippen LogP contribution in [0.2, 0.25) is 0 Å². The van der Waals surface area contributed by atoms with Gasteiger partial charge in [-0.25, -0.2) is 8.42 Å². The number of para-hydroxylation sites is 2. The number of carbonyl (C=O) groups is 1. The zero-order valence-corrected chi connectivity index (χ0v) is 18.5. The van der Waals surface area contributed by atoms with Crippen LogP contribution in [-0.2, 0) is 16.4 Å². The number of fused-ring (bicyclic) bond motifs is 2. The number of hydrogen-bond acceptors (Lipinski definition) is 4. The highest BCUT2D eigenvalue weighted by Crippen LogP contribution is 2.37. The van der Waals surface area contributed by atoms with Crippen LogP contribution in [0.15, 0.2) is 77.7 Å². The summed E-state index contributed by atoms with van der Waals surface area (Å²) in [5.74, 6) is 0.459. The molecule has 5 rings (SSSR count). The molecule has 32 heavy (non-hydrogen) atoms. The van der Waals surface area contributed by atoms with Crippen molar-refractivity contribution in [2.75, 3.05) is 10.9 Å². The van der Waals surface area contributed by atoms with Crippen LogP contribution >= 0.6 is 0 Å². The number of rotatable bonds is 4. The molecule has 2 heterocycles. The lowest BCUT2D eigenvalue weighted by molar-refractivity contribution is 0.0924. The van der Waals surface area contributed by atoms with Crippen LogP contribution in [0, 0.1) is 0 Å². The number of nitrogens with zero attached hydrogens (tertiary/aromatic N) is 1. The lowest BCUT2D eigenvalue weighted by atomic mass is 10.00. The van der Waals surface area contributed by atoms with E-state index in [0.717, 1.165) is 16.9 Å². The van der Waals surface area contributed by atoms with Gasteiger partial charge in [0.1, 0.15) is 5.75 Å². The number of carbonyl (C=O) groups excluding carboxylic acids is 1. The second kappa shape index (κ2) is 7.98. The van der Waals surface area contributed by atoms with E-state index in [1.54, 1.807) is 18.2 Å². The molecule has 1 N–H and O–H groups in total. The van der Waals surface area contributed by atoms with Gasteiger partial charge in [-0.15, -0.1) is 0 Å². The molecular formula is C25H24N2O4S. The maximum absolute atomic E-state index is 13.5. The van der Waals surface area contributed by atoms with E-state index in [1.165, 1.54) is 10.4 Å². The zero-order valence-electron chi connectivity index (χ0n) is 17.7. The van der Waals surface area contributed by atoms with Gasteiger partial charge in [0.25, 0.3) is 15.9 Å². The molecule has 0 aromatic heterocycles. The van der Waals surface area contributed by atoms with Gasteiger partial charge in [0.15, 0.2) is 0 Å². The quantitative estimate of drug-likeness (QED) is 0.653. The Morgan fingerprint density at radius 3 is 2.69 bits per heavy atom. The average Bonchev–Trinajstić information content (AvgIpc) is 3.16. The lowest BCUT2D eigenvalue weighted by Crippen LogP contribution is -2.36. The van der Waals surface area contributed by atoms with Gasteiger partial charge in [0.2, 0.25) is 0 Å². The average molecular weight is 449 g/mol. The molecule has 0 aliphatic carbocycles. The summed E-state index contributed by atoms with van der Waals surface area (Å²) < 4.78 is 34.2. The normalized spacial score (nSPS) is 19.6. The van der Waals surface area contributed by atoms with Gasteiger partial charge in [-0.05, 0) is 49.2 Å². The summed E-state index contributed by atoms with van der Waals surface area (Å²) >= 11 is 0. The summed E-state index contributed by atoms with van der Waals surface area (Å²) in [6, 6.07) is 21.1. The van der Waals surface area contributed by atoms with E-state index in [4.69, 9.17) is 4.74 Å². The first kappa shape index (κ1) is 20.6. The Morgan fingerprint density at radius 2 is 1.81 bits per heavy atom. The van der Waals surface area contributed by atoms with E-state index in [9.17, 15) is 13.2 Å². The van der Waals surface area contributed by atoms with Crippen LogP contribution in [0.3, 0.4) is 0 Å². The summed E-state index contributed by atoms with van der Waals surface area (Å²) in [5.41, 5.74) is 2.96. The third-order valence-corrected chi connectivity index (χ3v) is 7.99. The molecule has 164 valence electrons. The number of ether oxygens (including phenoxy) is 1. The number of hydrogen-bond donors (Lipinski definition) is 1. The molecule has 7 heteroatoms. The summed E-state index contributed by atoms with van der Waals surface area (Å²) in [6.45, 7) is 2.42. The maximum Gasteiger partial charge on any atom is 0.264 e. The standard InChI is InChI=1S/C25H24N2O4S/c1-17-15-18-7-2-4-11-23(18)27(17)32(29,30)20-9-6-8-19(16-20)25(28)26-22-13-14-31-24-12-5-3-10-21(22)24/h2-12,16-17,22H,13-15H2,1H3,(H,26,28)/t17-,22+/m1/s1. The van der Waals surface area contributed by atoms with E-state index in [2.05, 4.69) is 5.32 Å². The molecule has 3 aromatic carbocycles. The van der Waals surface area contributed by atoms with Gasteiger partial charge in [-0.2, -0.15) is 0 Å². The maximum atomic E-state index is 13.5. The summed E-state index contributed by atoms with van der Waals surface area (Å²) in [6.07, 6.45) is 1.32. The first-order chi connectivity index (χ1) is 15.4. The van der Waals surface area contributed by atoms with Gasteiger partial charge in [-0.1, -0.05) is 42.5 Å². The van der Waals surface area contributed by atoms with Gasteiger partial charge < -0.3 is 10.1 Å². The molecule has 2 atom stereocenters. The Bertz CT molecular complexity index is 1290. The Kier molecular flexibility index (Phi) is 5.13. The van der Waals surface area contributed by atoms with Crippen molar-refractivity contribution >= 4 is 21.6 Å². The van der Waals surface area contributed by atoms with Crippen LogP contribution < -0.4 is 14.4 Å². The molecule has 0 radical (unpaired) electrons. The number of benzene rings is 3. The highest BCUT2D eigenvalue weighted by atomic mass is 32.2. The second-order valence-electron chi connectivity index (χ2n) is 8.21. The minimum absolute atomic E-state index is 0.112. The number of sulfonamides is 1. The SMILES string of the molecule is C[C@@H]1Cc2ccccc2N1S(=O)(=O)c1cccc(C(=O)N[C@H]2CCOc3ccccc32)c1. The predicted molar refractivity (Wildman–Crippen MR) is 122 cm³/mol. The summed E-state index contributed by atoms with van der Waals surface area (Å²) in [5, 5.41) is 3.04. The van der Waals surface area contributed by atoms with Crippen molar-refractivity contribution in [3.63, 3.8) is 0 Å². The van der Waals surface area contributed by atoms with Crippen LogP contribution in [0.25, 0.3) is 0 Å². The number of anilines is 1. The van der Waals surface area contributed by atoms with Crippen molar-refractivity contribution in [1.29, 1.82) is 0 Å². The molecule has 0 fully saturated rings. The molecule has 0 unspecified atom stereocenters. The lowest BCUT2D eigenvalue weighted by Gasteiger charge is -2.27. The molecule has 2 aliphatic rings. The van der Waals surface area contributed by atoms with Crippen molar-refractivity contribution in [2.45, 2.75) is 36.7 Å². The molecule has 2 aliphatic heterocycles. The van der Waals surface area contributed by atoms with E-state index < -0.39 is 10.0 Å². The largest absolute Gasteiger partial charge is 0.493 e. The molecule has 0 saturated carbocycles. The molecule has 1 amide bonds. The first-order valence-corrected chi connectivity index (χ1v) is 12.1. The fraction of sp³-hybridized carbons (Fsp3) is 0.240. The van der Waals surface area contributed by atoms with Crippen LogP contribution in [0.1, 0.15) is 40.9 Å². The van der Waals surface area contributed by atoms with Gasteiger partial charge >= 0.3 is 0 Å². The van der Waals surface area contributed by atoms with Gasteiger partial charge in [0, 0.05) is 23.6 Å². The van der Waals surface area contributed by atoms with Gasteiger partial charge in [0.05, 0.1) is 23.2 Å². The monoisotopic (exact) mass is 448 g/mol. The predicted octanol–water partition coefficient (Wildman–Crippen LogP) is 4.08. The summed E-state index contributed by atoms with van der Waals surface area (Å²) in [4.78, 5) is 13.1. The Morgan fingerprint density at radius 1 is 1.03 bits per heavy atom. The van der Waals surface area contributed by atoms with Crippen LogP contribution in [0.5, 0.6) is 5.75 Å². The third kappa shape index (κ3) is 3.52. The molecular weight excluding hydrogens is 424 g/mol. The van der Waals surface area contributed by atoms with Crippen molar-refractivity contribution in [3.8, 4) is 5.75 Å². The zero-order chi connectivity index (χ0) is 22.3. The minimum atomic E-state index is -3.81. The topological polar surface area (TPSA) is 75.7 Å². The number of amides is 1. The second-order valence-corrected chi connectivity index (χ2v) is 10.0. The van der Waals surface area contributed by atoms with Crippen molar-refractivity contribution in [1.82, 2.24) is 5.32 Å². The molecule has 3 aromatic rings. The van der Waals surface area contributed by atoms with E-state index in [-0.39, 0.29) is 22.9 Å². The molecule has 6 nitrogen and oxygen atoms in total. The fourth-order valence-electron chi connectivity index (χ4n) is 4.55. The summed E-state index contributed by atoms with van der Waals surface area (Å²) in [7, 11) is -3.81. The van der Waals surface area contributed by atoms with Crippen molar-refractivity contribution in [2.24, 2.45) is 0 Å². The first-order valence-electron chi connectivity index (χ1n) is 10.7. The highest BCUT2D eigenvalue weighted by Gasteiger charge is 2.36. The van der Waals surface area contributed by atoms with Gasteiger partial charge in [-0.3, -0.25) is 9.10 Å². The van der Waals surface area contributed by atoms with E-state index in [1.807, 2.05) is 55.5 Å². The highest BCUT2D eigenvalue weighted by molar-refractivity contribution is 7.92. The Hall–Kier alpha value is -3.32. The fourth-order valence-corrected chi connectivity index (χ4v) is 6.29. The number of nitrogens with one attached hydrogen (secondary N) is 1. The van der Waals surface area contributed by atoms with E-state index >= 15 is 0 Å².